The summed E-state index contributed by atoms with van der Waals surface area (Å²) >= 11 is 0. The van der Waals surface area contributed by atoms with E-state index in [1.165, 1.54) is 25.7 Å². The second-order valence-corrected chi connectivity index (χ2v) is 5.98. The molecule has 22 heavy (non-hydrogen) atoms. The number of ether oxygens (including phenoxy) is 2. The molecule has 3 N–H and O–H groups in total. The van der Waals surface area contributed by atoms with Crippen LogP contribution < -0.4 is 0 Å². The summed E-state index contributed by atoms with van der Waals surface area (Å²) in [5.41, 5.74) is 0. The first-order valence-electron chi connectivity index (χ1n) is 8.37. The lowest BCUT2D eigenvalue weighted by molar-refractivity contribution is -0.151. The van der Waals surface area contributed by atoms with Gasteiger partial charge in [-0.2, -0.15) is 0 Å². The summed E-state index contributed by atoms with van der Waals surface area (Å²) < 4.78 is 10.1. The molecule has 130 valence electrons. The average molecular weight is 318 g/mol. The van der Waals surface area contributed by atoms with Crippen molar-refractivity contribution >= 4 is 5.97 Å². The lowest BCUT2D eigenvalue weighted by atomic mass is 10.1. The number of hydrogen-bond acceptors (Lipinski definition) is 6. The molecule has 0 aromatic carbocycles. The van der Waals surface area contributed by atoms with Crippen LogP contribution in [0.25, 0.3) is 0 Å². The van der Waals surface area contributed by atoms with E-state index in [0.717, 1.165) is 19.3 Å². The van der Waals surface area contributed by atoms with Gasteiger partial charge in [0, 0.05) is 6.42 Å². The van der Waals surface area contributed by atoms with Crippen LogP contribution in [-0.4, -0.2) is 58.9 Å². The molecule has 0 spiro atoms. The van der Waals surface area contributed by atoms with Crippen molar-refractivity contribution in [1.82, 2.24) is 0 Å². The van der Waals surface area contributed by atoms with Crippen LogP contribution in [0, 0.1) is 0 Å². The number of esters is 1. The Morgan fingerprint density at radius 2 is 1.82 bits per heavy atom. The fourth-order valence-electron chi connectivity index (χ4n) is 2.54. The van der Waals surface area contributed by atoms with Crippen LogP contribution in [0.5, 0.6) is 0 Å². The summed E-state index contributed by atoms with van der Waals surface area (Å²) in [7, 11) is 0. The maximum atomic E-state index is 11.6. The molecule has 4 atom stereocenters. The minimum absolute atomic E-state index is 0.0190. The third-order valence-corrected chi connectivity index (χ3v) is 3.97. The van der Waals surface area contributed by atoms with Crippen molar-refractivity contribution in [3.05, 3.63) is 0 Å². The Bertz CT molecular complexity index is 309. The lowest BCUT2D eigenvalue weighted by Gasteiger charge is -2.20. The highest BCUT2D eigenvalue weighted by Crippen LogP contribution is 2.18. The van der Waals surface area contributed by atoms with Crippen LogP contribution in [0.15, 0.2) is 0 Å². The van der Waals surface area contributed by atoms with Crippen molar-refractivity contribution in [2.24, 2.45) is 0 Å². The zero-order valence-corrected chi connectivity index (χ0v) is 13.4. The molecule has 0 aliphatic carbocycles. The SMILES string of the molecule is CCCCCCCCCC(=O)OC[C@@H](O)[C@H]1OC[C@@H](O)[C@H]1O. The monoisotopic (exact) mass is 318 g/mol. The van der Waals surface area contributed by atoms with E-state index < -0.39 is 24.4 Å². The van der Waals surface area contributed by atoms with E-state index in [-0.39, 0.29) is 19.2 Å². The Labute approximate surface area is 132 Å². The zero-order chi connectivity index (χ0) is 16.4. The van der Waals surface area contributed by atoms with Gasteiger partial charge >= 0.3 is 5.97 Å². The smallest absolute Gasteiger partial charge is 0.305 e. The Morgan fingerprint density at radius 1 is 1.18 bits per heavy atom. The van der Waals surface area contributed by atoms with Gasteiger partial charge in [0.05, 0.1) is 6.61 Å². The summed E-state index contributed by atoms with van der Waals surface area (Å²) in [4.78, 5) is 11.6. The third-order valence-electron chi connectivity index (χ3n) is 3.97. The predicted octanol–water partition coefficient (Wildman–Crippen LogP) is 1.15. The number of carbonyl (C=O) groups is 1. The minimum Gasteiger partial charge on any atom is -0.463 e. The van der Waals surface area contributed by atoms with Crippen LogP contribution in [0.1, 0.15) is 58.3 Å². The van der Waals surface area contributed by atoms with E-state index in [0.29, 0.717) is 6.42 Å². The van der Waals surface area contributed by atoms with Gasteiger partial charge in [0.25, 0.3) is 0 Å². The van der Waals surface area contributed by atoms with E-state index in [4.69, 9.17) is 9.47 Å². The van der Waals surface area contributed by atoms with Crippen molar-refractivity contribution in [3.8, 4) is 0 Å². The molecule has 6 nitrogen and oxygen atoms in total. The van der Waals surface area contributed by atoms with Gasteiger partial charge in [0.1, 0.15) is 31.0 Å². The Hall–Kier alpha value is -0.690. The first-order chi connectivity index (χ1) is 10.6. The van der Waals surface area contributed by atoms with Crippen molar-refractivity contribution in [2.45, 2.75) is 82.7 Å². The Morgan fingerprint density at radius 3 is 2.41 bits per heavy atom. The quantitative estimate of drug-likeness (QED) is 0.391. The average Bonchev–Trinajstić information content (AvgIpc) is 2.84. The number of rotatable bonds is 11. The molecule has 0 aromatic heterocycles. The van der Waals surface area contributed by atoms with E-state index in [1.54, 1.807) is 0 Å². The molecule has 1 aliphatic heterocycles. The summed E-state index contributed by atoms with van der Waals surface area (Å²) in [5, 5.41) is 28.7. The maximum absolute atomic E-state index is 11.6. The van der Waals surface area contributed by atoms with Crippen LogP contribution in [0.2, 0.25) is 0 Å². The van der Waals surface area contributed by atoms with Gasteiger partial charge in [-0.15, -0.1) is 0 Å². The minimum atomic E-state index is -1.14. The zero-order valence-electron chi connectivity index (χ0n) is 13.4. The molecule has 0 radical (unpaired) electrons. The summed E-state index contributed by atoms with van der Waals surface area (Å²) in [6.45, 7) is 1.94. The standard InChI is InChI=1S/C16H30O6/c1-2-3-4-5-6-7-8-9-14(19)21-11-13(18)16-15(20)12(17)10-22-16/h12-13,15-18,20H,2-11H2,1H3/t12-,13-,15-,16-/m1/s1. The maximum Gasteiger partial charge on any atom is 0.305 e. The van der Waals surface area contributed by atoms with Crippen molar-refractivity contribution in [2.75, 3.05) is 13.2 Å². The van der Waals surface area contributed by atoms with Gasteiger partial charge in [-0.1, -0.05) is 45.4 Å². The van der Waals surface area contributed by atoms with Gasteiger partial charge < -0.3 is 24.8 Å². The molecule has 0 saturated carbocycles. The van der Waals surface area contributed by atoms with E-state index >= 15 is 0 Å². The topological polar surface area (TPSA) is 96.2 Å². The van der Waals surface area contributed by atoms with E-state index in [2.05, 4.69) is 6.92 Å². The van der Waals surface area contributed by atoms with Gasteiger partial charge in [0.15, 0.2) is 0 Å². The predicted molar refractivity (Wildman–Crippen MR) is 81.3 cm³/mol. The molecular formula is C16H30O6. The van der Waals surface area contributed by atoms with Crippen molar-refractivity contribution < 1.29 is 29.6 Å². The van der Waals surface area contributed by atoms with Crippen LogP contribution in [-0.2, 0) is 14.3 Å². The summed E-state index contributed by atoms with van der Waals surface area (Å²) in [5.74, 6) is -0.347. The van der Waals surface area contributed by atoms with Crippen LogP contribution in [0.4, 0.5) is 0 Å². The number of hydrogen-bond donors (Lipinski definition) is 3. The first kappa shape index (κ1) is 19.4. The highest BCUT2D eigenvalue weighted by atomic mass is 16.6. The van der Waals surface area contributed by atoms with Crippen LogP contribution >= 0.6 is 0 Å². The molecule has 0 unspecified atom stereocenters. The first-order valence-corrected chi connectivity index (χ1v) is 8.37. The van der Waals surface area contributed by atoms with Gasteiger partial charge in [-0.3, -0.25) is 4.79 Å². The van der Waals surface area contributed by atoms with Crippen LogP contribution in [0.3, 0.4) is 0 Å². The molecular weight excluding hydrogens is 288 g/mol. The number of unbranched alkanes of at least 4 members (excludes halogenated alkanes) is 6. The van der Waals surface area contributed by atoms with Gasteiger partial charge in [0.2, 0.25) is 0 Å². The molecule has 1 fully saturated rings. The molecule has 0 aromatic rings. The highest BCUT2D eigenvalue weighted by molar-refractivity contribution is 5.69. The van der Waals surface area contributed by atoms with Gasteiger partial charge in [-0.25, -0.2) is 0 Å². The molecule has 1 rings (SSSR count). The third kappa shape index (κ3) is 7.05. The normalized spacial score (nSPS) is 26.1. The van der Waals surface area contributed by atoms with Crippen molar-refractivity contribution in [1.29, 1.82) is 0 Å². The molecule has 6 heteroatoms. The summed E-state index contributed by atoms with van der Waals surface area (Å²) in [6.07, 6.45) is 4.08. The Kier molecular flexibility index (Phi) is 9.63. The molecule has 0 bridgehead atoms. The second-order valence-electron chi connectivity index (χ2n) is 5.98. The number of carbonyl (C=O) groups excluding carboxylic acids is 1. The van der Waals surface area contributed by atoms with E-state index in [1.807, 2.05) is 0 Å². The number of aliphatic hydroxyl groups is 3. The fraction of sp³-hybridized carbons (Fsp3) is 0.938. The van der Waals surface area contributed by atoms with Crippen molar-refractivity contribution in [3.63, 3.8) is 0 Å². The largest absolute Gasteiger partial charge is 0.463 e. The highest BCUT2D eigenvalue weighted by Gasteiger charge is 2.39. The molecule has 1 aliphatic rings. The van der Waals surface area contributed by atoms with E-state index in [9.17, 15) is 20.1 Å². The second kappa shape index (κ2) is 10.9. The molecule has 0 amide bonds. The molecule has 1 saturated heterocycles. The molecule has 1 heterocycles. The van der Waals surface area contributed by atoms with Gasteiger partial charge in [-0.05, 0) is 6.42 Å². The lowest BCUT2D eigenvalue weighted by Crippen LogP contribution is -2.41. The fourth-order valence-corrected chi connectivity index (χ4v) is 2.54. The Balaban J connectivity index is 2.03. The summed E-state index contributed by atoms with van der Waals surface area (Å²) in [6, 6.07) is 0. The number of aliphatic hydroxyl groups excluding tert-OH is 3.